The van der Waals surface area contributed by atoms with Crippen LogP contribution >= 0.6 is 23.6 Å². The Kier molecular flexibility index (Phi) is 3.56. The van der Waals surface area contributed by atoms with E-state index in [1.807, 2.05) is 17.5 Å². The van der Waals surface area contributed by atoms with Gasteiger partial charge in [0.25, 0.3) is 0 Å². The monoisotopic (exact) mass is 300 g/mol. The molecule has 0 fully saturated rings. The lowest BCUT2D eigenvalue weighted by atomic mass is 10.2. The van der Waals surface area contributed by atoms with E-state index in [1.54, 1.807) is 23.5 Å². The van der Waals surface area contributed by atoms with Crippen LogP contribution in [0, 0.1) is 0 Å². The molecule has 4 nitrogen and oxygen atoms in total. The molecule has 0 radical (unpaired) electrons. The van der Waals surface area contributed by atoms with Gasteiger partial charge in [0.1, 0.15) is 5.25 Å². The summed E-state index contributed by atoms with van der Waals surface area (Å²) in [5, 5.41) is 2.06. The zero-order valence-electron chi connectivity index (χ0n) is 9.58. The van der Waals surface area contributed by atoms with Crippen LogP contribution in [0.3, 0.4) is 0 Å². The molecule has 2 aromatic rings. The first kappa shape index (κ1) is 13.3. The maximum absolute atomic E-state index is 11.9. The number of thiocarbonyl (C=S) groups is 1. The zero-order chi connectivity index (χ0) is 13.3. The number of hydrogen-bond acceptors (Lipinski definition) is 4. The molecule has 1 aromatic heterocycles. The van der Waals surface area contributed by atoms with Crippen molar-refractivity contribution in [2.24, 2.45) is 5.73 Å². The Balaban J connectivity index is 2.30. The van der Waals surface area contributed by atoms with E-state index >= 15 is 0 Å². The number of nitrogens with two attached hydrogens (primary N) is 1. The Hall–Kier alpha value is -1.18. The molecule has 1 aromatic carbocycles. The SMILES string of the molecule is CC(C(N)=S)S(=O)(=O)Nc1ccc2sccc2c1. The van der Waals surface area contributed by atoms with E-state index in [0.717, 1.165) is 10.1 Å². The van der Waals surface area contributed by atoms with Crippen molar-refractivity contribution in [3.63, 3.8) is 0 Å². The standard InChI is InChI=1S/C11H12N2O2S3/c1-7(11(12)16)18(14,15)13-9-2-3-10-8(6-9)4-5-17-10/h2-7,13H,1H3,(H2,12,16). The summed E-state index contributed by atoms with van der Waals surface area (Å²) in [4.78, 5) is -0.0425. The van der Waals surface area contributed by atoms with Crippen LogP contribution in [0.15, 0.2) is 29.6 Å². The van der Waals surface area contributed by atoms with Crippen LogP contribution in [0.4, 0.5) is 5.69 Å². The van der Waals surface area contributed by atoms with Crippen molar-refractivity contribution in [2.75, 3.05) is 4.72 Å². The highest BCUT2D eigenvalue weighted by molar-refractivity contribution is 7.95. The summed E-state index contributed by atoms with van der Waals surface area (Å²) in [6.07, 6.45) is 0. The summed E-state index contributed by atoms with van der Waals surface area (Å²) in [5.74, 6) is 0. The first-order valence-corrected chi connectivity index (χ1v) is 8.02. The Morgan fingerprint density at radius 1 is 1.44 bits per heavy atom. The van der Waals surface area contributed by atoms with E-state index in [-0.39, 0.29) is 4.99 Å². The minimum absolute atomic E-state index is 0.0425. The van der Waals surface area contributed by atoms with Crippen LogP contribution in [0.5, 0.6) is 0 Å². The van der Waals surface area contributed by atoms with Gasteiger partial charge in [-0.15, -0.1) is 11.3 Å². The van der Waals surface area contributed by atoms with E-state index in [2.05, 4.69) is 4.72 Å². The summed E-state index contributed by atoms with van der Waals surface area (Å²) in [6.45, 7) is 1.47. The van der Waals surface area contributed by atoms with Crippen LogP contribution in [0.1, 0.15) is 6.92 Å². The van der Waals surface area contributed by atoms with Crippen molar-refractivity contribution in [3.05, 3.63) is 29.6 Å². The molecular formula is C11H12N2O2S3. The van der Waals surface area contributed by atoms with Crippen molar-refractivity contribution < 1.29 is 8.42 Å². The summed E-state index contributed by atoms with van der Waals surface area (Å²) in [6, 6.07) is 7.33. The largest absolute Gasteiger partial charge is 0.392 e. The zero-order valence-corrected chi connectivity index (χ0v) is 12.0. The molecule has 2 rings (SSSR count). The summed E-state index contributed by atoms with van der Waals surface area (Å²) >= 11 is 6.31. The molecule has 0 amide bonds. The number of anilines is 1. The van der Waals surface area contributed by atoms with Crippen LogP contribution in [0.25, 0.3) is 10.1 Å². The number of fused-ring (bicyclic) bond motifs is 1. The molecular weight excluding hydrogens is 288 g/mol. The van der Waals surface area contributed by atoms with E-state index in [0.29, 0.717) is 5.69 Å². The molecule has 18 heavy (non-hydrogen) atoms. The predicted molar refractivity (Wildman–Crippen MR) is 80.6 cm³/mol. The van der Waals surface area contributed by atoms with Gasteiger partial charge in [0.05, 0.1) is 4.99 Å². The fourth-order valence-corrected chi connectivity index (χ4v) is 3.52. The van der Waals surface area contributed by atoms with Crippen molar-refractivity contribution in [1.82, 2.24) is 0 Å². The second-order valence-electron chi connectivity index (χ2n) is 3.86. The van der Waals surface area contributed by atoms with Gasteiger partial charge in [-0.25, -0.2) is 8.42 Å². The summed E-state index contributed by atoms with van der Waals surface area (Å²) in [7, 11) is -3.58. The lowest BCUT2D eigenvalue weighted by Gasteiger charge is -2.13. The number of sulfonamides is 1. The molecule has 0 aliphatic rings. The maximum Gasteiger partial charge on any atom is 0.241 e. The fourth-order valence-electron chi connectivity index (χ4n) is 1.44. The van der Waals surface area contributed by atoms with Crippen LogP contribution in [-0.4, -0.2) is 18.7 Å². The average Bonchev–Trinajstić information content (AvgIpc) is 2.74. The number of rotatable bonds is 4. The molecule has 0 saturated carbocycles. The number of thiophene rings is 1. The summed E-state index contributed by atoms with van der Waals surface area (Å²) in [5.41, 5.74) is 5.88. The minimum atomic E-state index is -3.58. The Labute approximate surface area is 115 Å². The van der Waals surface area contributed by atoms with Crippen LogP contribution in [-0.2, 0) is 10.0 Å². The molecule has 96 valence electrons. The molecule has 0 saturated heterocycles. The fraction of sp³-hybridized carbons (Fsp3) is 0.182. The second-order valence-corrected chi connectivity index (χ2v) is 7.29. The van der Waals surface area contributed by atoms with Gasteiger partial charge in [-0.05, 0) is 42.0 Å². The van der Waals surface area contributed by atoms with Gasteiger partial charge in [0, 0.05) is 10.4 Å². The van der Waals surface area contributed by atoms with Gasteiger partial charge in [-0.3, -0.25) is 4.72 Å². The van der Waals surface area contributed by atoms with Gasteiger partial charge in [-0.2, -0.15) is 0 Å². The average molecular weight is 300 g/mol. The highest BCUT2D eigenvalue weighted by Crippen LogP contribution is 2.24. The molecule has 0 aliphatic heterocycles. The molecule has 7 heteroatoms. The van der Waals surface area contributed by atoms with Crippen LogP contribution in [0.2, 0.25) is 0 Å². The van der Waals surface area contributed by atoms with Gasteiger partial charge in [-0.1, -0.05) is 12.2 Å². The topological polar surface area (TPSA) is 72.2 Å². The molecule has 1 heterocycles. The van der Waals surface area contributed by atoms with Crippen molar-refractivity contribution >= 4 is 54.3 Å². The first-order valence-electron chi connectivity index (χ1n) is 5.18. The van der Waals surface area contributed by atoms with Crippen molar-refractivity contribution in [2.45, 2.75) is 12.2 Å². The molecule has 0 aliphatic carbocycles. The quantitative estimate of drug-likeness (QED) is 0.850. The Bertz CT molecular complexity index is 691. The molecule has 1 atom stereocenters. The smallest absolute Gasteiger partial charge is 0.241 e. The molecule has 0 spiro atoms. The highest BCUT2D eigenvalue weighted by Gasteiger charge is 2.23. The minimum Gasteiger partial charge on any atom is -0.392 e. The van der Waals surface area contributed by atoms with Gasteiger partial charge < -0.3 is 5.73 Å². The first-order chi connectivity index (χ1) is 8.40. The van der Waals surface area contributed by atoms with E-state index in [4.69, 9.17) is 18.0 Å². The Morgan fingerprint density at radius 2 is 2.17 bits per heavy atom. The number of benzene rings is 1. The van der Waals surface area contributed by atoms with E-state index in [1.165, 1.54) is 6.92 Å². The van der Waals surface area contributed by atoms with Crippen molar-refractivity contribution in [3.8, 4) is 0 Å². The summed E-state index contributed by atoms with van der Waals surface area (Å²) < 4.78 is 27.5. The van der Waals surface area contributed by atoms with Crippen molar-refractivity contribution in [1.29, 1.82) is 0 Å². The lowest BCUT2D eigenvalue weighted by molar-refractivity contribution is 0.598. The Morgan fingerprint density at radius 3 is 2.83 bits per heavy atom. The third-order valence-corrected chi connectivity index (χ3v) is 5.68. The van der Waals surface area contributed by atoms with Crippen LogP contribution < -0.4 is 10.5 Å². The van der Waals surface area contributed by atoms with Gasteiger partial charge in [0.15, 0.2) is 0 Å². The second kappa shape index (κ2) is 4.83. The van der Waals surface area contributed by atoms with E-state index < -0.39 is 15.3 Å². The highest BCUT2D eigenvalue weighted by atomic mass is 32.2. The molecule has 3 N–H and O–H groups in total. The third kappa shape index (κ3) is 2.63. The predicted octanol–water partition coefficient (Wildman–Crippen LogP) is 2.32. The van der Waals surface area contributed by atoms with E-state index in [9.17, 15) is 8.42 Å². The van der Waals surface area contributed by atoms with Gasteiger partial charge >= 0.3 is 0 Å². The maximum atomic E-state index is 11.9. The third-order valence-electron chi connectivity index (χ3n) is 2.58. The lowest BCUT2D eigenvalue weighted by Crippen LogP contribution is -2.35. The number of nitrogens with one attached hydrogen (secondary N) is 1. The molecule has 0 bridgehead atoms. The number of hydrogen-bond donors (Lipinski definition) is 2. The normalized spacial score (nSPS) is 13.4. The van der Waals surface area contributed by atoms with Gasteiger partial charge in [0.2, 0.25) is 10.0 Å². The molecule has 1 unspecified atom stereocenters.